The summed E-state index contributed by atoms with van der Waals surface area (Å²) in [5.74, 6) is -2.25. The van der Waals surface area contributed by atoms with Crippen molar-refractivity contribution in [1.82, 2.24) is 4.57 Å². The molecule has 6 heteroatoms. The first-order chi connectivity index (χ1) is 11.9. The summed E-state index contributed by atoms with van der Waals surface area (Å²) in [6.07, 6.45) is 0. The predicted octanol–water partition coefficient (Wildman–Crippen LogP) is 4.11. The quantitative estimate of drug-likeness (QED) is 0.779. The molecule has 1 N–H and O–H groups in total. The van der Waals surface area contributed by atoms with Crippen molar-refractivity contribution in [3.8, 4) is 0 Å². The highest BCUT2D eigenvalue weighted by molar-refractivity contribution is 6.05. The van der Waals surface area contributed by atoms with Gasteiger partial charge in [-0.25, -0.2) is 8.78 Å². The number of rotatable bonds is 3. The molecule has 2 aromatic carbocycles. The van der Waals surface area contributed by atoms with Crippen LogP contribution in [0.3, 0.4) is 0 Å². The van der Waals surface area contributed by atoms with E-state index >= 15 is 0 Å². The van der Waals surface area contributed by atoms with Crippen molar-refractivity contribution in [1.29, 1.82) is 0 Å². The van der Waals surface area contributed by atoms with E-state index in [9.17, 15) is 18.4 Å². The summed E-state index contributed by atoms with van der Waals surface area (Å²) in [6, 6.07) is 11.1. The Kier molecular flexibility index (Phi) is 4.35. The van der Waals surface area contributed by atoms with Gasteiger partial charge in [0.1, 0.15) is 17.3 Å². The molecule has 1 heterocycles. The Morgan fingerprint density at radius 1 is 1.08 bits per heavy atom. The average molecular weight is 342 g/mol. The molecule has 0 spiro atoms. The van der Waals surface area contributed by atoms with Crippen molar-refractivity contribution in [3.63, 3.8) is 0 Å². The van der Waals surface area contributed by atoms with E-state index in [1.54, 1.807) is 44.2 Å². The van der Waals surface area contributed by atoms with Gasteiger partial charge in [0.2, 0.25) is 0 Å². The van der Waals surface area contributed by atoms with Crippen molar-refractivity contribution in [2.24, 2.45) is 0 Å². The normalized spacial score (nSPS) is 11.1. The van der Waals surface area contributed by atoms with Crippen LogP contribution in [-0.4, -0.2) is 10.5 Å². The van der Waals surface area contributed by atoms with E-state index in [2.05, 4.69) is 5.32 Å². The first kappa shape index (κ1) is 16.8. The predicted molar refractivity (Wildman–Crippen MR) is 92.9 cm³/mol. The van der Waals surface area contributed by atoms with E-state index < -0.39 is 17.5 Å². The average Bonchev–Trinajstić information content (AvgIpc) is 2.56. The number of pyridine rings is 1. The summed E-state index contributed by atoms with van der Waals surface area (Å²) >= 11 is 0. The third-order valence-corrected chi connectivity index (χ3v) is 3.89. The number of carbonyl (C=O) groups excluding carboxylic acids is 1. The van der Waals surface area contributed by atoms with Gasteiger partial charge in [0, 0.05) is 17.5 Å². The molecule has 4 nitrogen and oxygen atoms in total. The molecule has 0 aliphatic carbocycles. The van der Waals surface area contributed by atoms with Crippen molar-refractivity contribution < 1.29 is 13.6 Å². The monoisotopic (exact) mass is 342 g/mol. The van der Waals surface area contributed by atoms with Gasteiger partial charge >= 0.3 is 0 Å². The number of anilines is 1. The number of nitrogens with one attached hydrogen (secondary N) is 1. The van der Waals surface area contributed by atoms with Crippen LogP contribution in [0.4, 0.5) is 14.5 Å². The fourth-order valence-electron chi connectivity index (χ4n) is 2.74. The Morgan fingerprint density at radius 2 is 1.80 bits per heavy atom. The van der Waals surface area contributed by atoms with Gasteiger partial charge in [0.05, 0.1) is 5.69 Å². The Bertz CT molecular complexity index is 1030. The summed E-state index contributed by atoms with van der Waals surface area (Å²) in [4.78, 5) is 25.4. The molecule has 3 rings (SSSR count). The van der Waals surface area contributed by atoms with Crippen LogP contribution in [0.2, 0.25) is 0 Å². The minimum absolute atomic E-state index is 0.113. The molecule has 1 amide bonds. The van der Waals surface area contributed by atoms with E-state index in [-0.39, 0.29) is 23.0 Å². The minimum atomic E-state index is -0.882. The highest BCUT2D eigenvalue weighted by Crippen LogP contribution is 2.19. The van der Waals surface area contributed by atoms with Gasteiger partial charge in [0.15, 0.2) is 0 Å². The number of nitrogens with zero attached hydrogens (tertiary/aromatic N) is 1. The fourth-order valence-corrected chi connectivity index (χ4v) is 2.74. The maximum absolute atomic E-state index is 13.8. The van der Waals surface area contributed by atoms with Crippen LogP contribution in [0.25, 0.3) is 10.8 Å². The van der Waals surface area contributed by atoms with Gasteiger partial charge in [-0.15, -0.1) is 0 Å². The van der Waals surface area contributed by atoms with Gasteiger partial charge in [-0.05, 0) is 43.5 Å². The minimum Gasteiger partial charge on any atom is -0.318 e. The zero-order chi connectivity index (χ0) is 18.1. The fraction of sp³-hybridized carbons (Fsp3) is 0.158. The Labute approximate surface area is 142 Å². The Hall–Kier alpha value is -3.02. The highest BCUT2D eigenvalue weighted by atomic mass is 19.1. The van der Waals surface area contributed by atoms with Crippen molar-refractivity contribution in [2.45, 2.75) is 19.9 Å². The first-order valence-corrected chi connectivity index (χ1v) is 7.79. The summed E-state index contributed by atoms with van der Waals surface area (Å²) in [7, 11) is 0. The molecule has 0 unspecified atom stereocenters. The van der Waals surface area contributed by atoms with Crippen molar-refractivity contribution >= 4 is 22.4 Å². The highest BCUT2D eigenvalue weighted by Gasteiger charge is 2.18. The molecule has 0 radical (unpaired) electrons. The lowest BCUT2D eigenvalue weighted by molar-refractivity contribution is 0.101. The standard InChI is InChI=1S/C19H16F2N2O2/c1-11(2)23-17(9-12-5-3-4-6-14(12)19(23)25)18(24)22-16-8-7-13(20)10-15(16)21/h3-11H,1-2H3,(H,22,24). The second-order valence-electron chi connectivity index (χ2n) is 5.96. The topological polar surface area (TPSA) is 51.1 Å². The lowest BCUT2D eigenvalue weighted by atomic mass is 10.1. The lowest BCUT2D eigenvalue weighted by Gasteiger charge is -2.17. The van der Waals surface area contributed by atoms with Crippen LogP contribution in [-0.2, 0) is 0 Å². The van der Waals surface area contributed by atoms with Gasteiger partial charge in [0.25, 0.3) is 11.5 Å². The molecule has 0 atom stereocenters. The molecule has 0 saturated carbocycles. The summed E-state index contributed by atoms with van der Waals surface area (Å²) in [5.41, 5.74) is -0.331. The summed E-state index contributed by atoms with van der Waals surface area (Å²) in [6.45, 7) is 3.57. The summed E-state index contributed by atoms with van der Waals surface area (Å²) < 4.78 is 28.2. The van der Waals surface area contributed by atoms with Gasteiger partial charge < -0.3 is 9.88 Å². The maximum Gasteiger partial charge on any atom is 0.272 e. The molecule has 0 aliphatic heterocycles. The largest absolute Gasteiger partial charge is 0.318 e. The molecule has 25 heavy (non-hydrogen) atoms. The van der Waals surface area contributed by atoms with Crippen molar-refractivity contribution in [3.05, 3.63) is 76.2 Å². The number of halogens is 2. The molecule has 0 bridgehead atoms. The lowest BCUT2D eigenvalue weighted by Crippen LogP contribution is -2.30. The number of hydrogen-bond donors (Lipinski definition) is 1. The van der Waals surface area contributed by atoms with Crippen molar-refractivity contribution in [2.75, 3.05) is 5.32 Å². The van der Waals surface area contributed by atoms with Gasteiger partial charge in [-0.3, -0.25) is 9.59 Å². The number of fused-ring (bicyclic) bond motifs is 1. The Balaban J connectivity index is 2.12. The molecule has 0 aliphatic rings. The third kappa shape index (κ3) is 3.15. The zero-order valence-electron chi connectivity index (χ0n) is 13.7. The zero-order valence-corrected chi connectivity index (χ0v) is 13.7. The van der Waals surface area contributed by atoms with E-state index in [1.165, 1.54) is 4.57 Å². The van der Waals surface area contributed by atoms with Gasteiger partial charge in [-0.2, -0.15) is 0 Å². The van der Waals surface area contributed by atoms with E-state index in [1.807, 2.05) is 0 Å². The van der Waals surface area contributed by atoms with Crippen LogP contribution in [0.1, 0.15) is 30.4 Å². The Morgan fingerprint density at radius 3 is 2.48 bits per heavy atom. The van der Waals surface area contributed by atoms with Crippen LogP contribution >= 0.6 is 0 Å². The number of benzene rings is 2. The molecule has 1 aromatic heterocycles. The summed E-state index contributed by atoms with van der Waals surface area (Å²) in [5, 5.41) is 3.52. The molecule has 0 saturated heterocycles. The number of amides is 1. The number of carbonyl (C=O) groups is 1. The first-order valence-electron chi connectivity index (χ1n) is 7.79. The smallest absolute Gasteiger partial charge is 0.272 e. The SMILES string of the molecule is CC(C)n1c(C(=O)Nc2ccc(F)cc2F)cc2ccccc2c1=O. The second kappa shape index (κ2) is 6.47. The molecule has 0 fully saturated rings. The van der Waals surface area contributed by atoms with Crippen LogP contribution in [0, 0.1) is 11.6 Å². The number of aromatic nitrogens is 1. The van der Waals surface area contributed by atoms with E-state index in [0.717, 1.165) is 12.1 Å². The maximum atomic E-state index is 13.8. The van der Waals surface area contributed by atoms with Crippen LogP contribution in [0.15, 0.2) is 53.3 Å². The third-order valence-electron chi connectivity index (χ3n) is 3.89. The van der Waals surface area contributed by atoms with Crippen LogP contribution < -0.4 is 10.9 Å². The van der Waals surface area contributed by atoms with E-state index in [4.69, 9.17) is 0 Å². The second-order valence-corrected chi connectivity index (χ2v) is 5.96. The molecule has 3 aromatic rings. The number of hydrogen-bond acceptors (Lipinski definition) is 2. The van der Waals surface area contributed by atoms with Crippen LogP contribution in [0.5, 0.6) is 0 Å². The molecule has 128 valence electrons. The molecular weight excluding hydrogens is 326 g/mol. The van der Waals surface area contributed by atoms with Gasteiger partial charge in [-0.1, -0.05) is 18.2 Å². The molecular formula is C19H16F2N2O2. The van der Waals surface area contributed by atoms with E-state index in [0.29, 0.717) is 16.8 Å².